The second-order valence-electron chi connectivity index (χ2n) is 10.7. The number of allylic oxidation sites excluding steroid dienone is 1. The molecule has 196 valence electrons. The van der Waals surface area contributed by atoms with E-state index in [0.29, 0.717) is 12.5 Å². The fourth-order valence-electron chi connectivity index (χ4n) is 6.75. The summed E-state index contributed by atoms with van der Waals surface area (Å²) in [4.78, 5) is 9.29. The maximum atomic E-state index is 14.7. The summed E-state index contributed by atoms with van der Waals surface area (Å²) in [6.07, 6.45) is 6.37. The van der Waals surface area contributed by atoms with Crippen LogP contribution in [0.25, 0.3) is 0 Å². The molecule has 5 nitrogen and oxygen atoms in total. The average molecular weight is 522 g/mol. The third-order valence-corrected chi connectivity index (χ3v) is 8.71. The van der Waals surface area contributed by atoms with Crippen LogP contribution in [0.4, 0.5) is 10.1 Å². The molecule has 1 aliphatic carbocycles. The number of aliphatic imine (C=N–C) groups is 1. The van der Waals surface area contributed by atoms with Gasteiger partial charge in [0.1, 0.15) is 11.6 Å². The lowest BCUT2D eigenvalue weighted by Crippen LogP contribution is -2.50. The van der Waals surface area contributed by atoms with E-state index in [4.69, 9.17) is 23.1 Å². The first-order chi connectivity index (χ1) is 17.9. The summed E-state index contributed by atoms with van der Waals surface area (Å²) in [7, 11) is 0. The zero-order valence-corrected chi connectivity index (χ0v) is 22.4. The molecule has 1 saturated carbocycles. The average Bonchev–Trinajstić information content (AvgIpc) is 3.40. The van der Waals surface area contributed by atoms with E-state index in [-0.39, 0.29) is 17.3 Å². The SMILES string of the molecule is C=C/N=C1/CC[C@@H](C)/C1=C(/N)N1C[C@]2(CCCN([C@H](CCN)c3ccc(Cl)cc3)C2)c2cc(F)ccc21. The monoisotopic (exact) mass is 521 g/mol. The molecule has 2 heterocycles. The molecule has 2 aliphatic heterocycles. The Hall–Kier alpha value is -2.67. The van der Waals surface area contributed by atoms with E-state index < -0.39 is 0 Å². The Morgan fingerprint density at radius 2 is 2.05 bits per heavy atom. The van der Waals surface area contributed by atoms with Gasteiger partial charge in [0, 0.05) is 52.7 Å². The van der Waals surface area contributed by atoms with Crippen molar-refractivity contribution in [2.45, 2.75) is 50.5 Å². The number of piperidine rings is 1. The van der Waals surface area contributed by atoms with E-state index in [9.17, 15) is 4.39 Å². The normalized spacial score (nSPS) is 27.1. The van der Waals surface area contributed by atoms with E-state index in [1.807, 2.05) is 18.2 Å². The van der Waals surface area contributed by atoms with Crippen LogP contribution in [0.5, 0.6) is 0 Å². The van der Waals surface area contributed by atoms with Crippen molar-refractivity contribution in [1.82, 2.24) is 4.90 Å². The van der Waals surface area contributed by atoms with Crippen LogP contribution in [0.15, 0.2) is 71.6 Å². The van der Waals surface area contributed by atoms with Crippen molar-refractivity contribution in [3.05, 3.63) is 88.6 Å². The van der Waals surface area contributed by atoms with Crippen LogP contribution >= 0.6 is 11.6 Å². The Morgan fingerprint density at radius 1 is 1.27 bits per heavy atom. The first kappa shape index (κ1) is 26.0. The maximum absolute atomic E-state index is 14.7. The van der Waals surface area contributed by atoms with Crippen LogP contribution in [-0.4, -0.2) is 36.8 Å². The number of rotatable bonds is 6. The van der Waals surface area contributed by atoms with Crippen LogP contribution in [0.2, 0.25) is 5.02 Å². The van der Waals surface area contributed by atoms with Crippen molar-refractivity contribution in [1.29, 1.82) is 0 Å². The second-order valence-corrected chi connectivity index (χ2v) is 11.2. The van der Waals surface area contributed by atoms with Gasteiger partial charge >= 0.3 is 0 Å². The van der Waals surface area contributed by atoms with Crippen LogP contribution in [0.1, 0.15) is 56.2 Å². The summed E-state index contributed by atoms with van der Waals surface area (Å²) in [6, 6.07) is 13.4. The number of hydrogen-bond donors (Lipinski definition) is 2. The minimum Gasteiger partial charge on any atom is -0.385 e. The van der Waals surface area contributed by atoms with Gasteiger partial charge in [0.05, 0.1) is 0 Å². The Labute approximate surface area is 224 Å². The fourth-order valence-corrected chi connectivity index (χ4v) is 6.87. The third kappa shape index (κ3) is 4.83. The van der Waals surface area contributed by atoms with Crippen LogP contribution < -0.4 is 16.4 Å². The van der Waals surface area contributed by atoms with Crippen molar-refractivity contribution in [2.75, 3.05) is 31.1 Å². The Bertz CT molecular complexity index is 1220. The van der Waals surface area contributed by atoms with Gasteiger partial charge < -0.3 is 16.4 Å². The summed E-state index contributed by atoms with van der Waals surface area (Å²) in [6.45, 7) is 9.11. The van der Waals surface area contributed by atoms with Gasteiger partial charge in [-0.2, -0.15) is 0 Å². The van der Waals surface area contributed by atoms with Gasteiger partial charge in [-0.3, -0.25) is 9.89 Å². The van der Waals surface area contributed by atoms with Crippen molar-refractivity contribution in [2.24, 2.45) is 22.4 Å². The number of nitrogens with two attached hydrogens (primary N) is 2. The molecule has 2 aromatic carbocycles. The highest BCUT2D eigenvalue weighted by Crippen LogP contribution is 2.49. The lowest BCUT2D eigenvalue weighted by Gasteiger charge is -2.44. The number of halogens is 2. The van der Waals surface area contributed by atoms with Crippen molar-refractivity contribution in [3.63, 3.8) is 0 Å². The van der Waals surface area contributed by atoms with E-state index in [1.54, 1.807) is 18.3 Å². The van der Waals surface area contributed by atoms with E-state index in [1.165, 1.54) is 5.56 Å². The number of anilines is 1. The third-order valence-electron chi connectivity index (χ3n) is 8.46. The maximum Gasteiger partial charge on any atom is 0.123 e. The van der Waals surface area contributed by atoms with Gasteiger partial charge in [-0.1, -0.05) is 37.2 Å². The molecule has 3 atom stereocenters. The summed E-state index contributed by atoms with van der Waals surface area (Å²) in [5, 5.41) is 0.727. The van der Waals surface area contributed by atoms with E-state index in [2.05, 4.69) is 40.4 Å². The second kappa shape index (κ2) is 10.6. The number of fused-ring (bicyclic) bond motifs is 2. The standard InChI is InChI=1S/C30H37ClFN5/c1-3-35-25-11-5-20(2)28(25)29(34)37-19-30(24-17-23(32)10-12-27(24)37)14-4-16-36(18-30)26(13-15-33)21-6-8-22(31)9-7-21/h3,6-10,12,17,20,26H,1,4-5,11,13-16,18-19,33-34H2,2H3/b29-28+,35-25-/t20-,26-,30-/m1/s1. The van der Waals surface area contributed by atoms with Crippen LogP contribution in [0.3, 0.4) is 0 Å². The number of nitrogens with zero attached hydrogens (tertiary/aromatic N) is 3. The van der Waals surface area contributed by atoms with Crippen molar-refractivity contribution in [3.8, 4) is 0 Å². The topological polar surface area (TPSA) is 70.9 Å². The summed E-state index contributed by atoms with van der Waals surface area (Å²) in [5.41, 5.74) is 18.2. The minimum atomic E-state index is -0.224. The first-order valence-electron chi connectivity index (χ1n) is 13.3. The van der Waals surface area contributed by atoms with Gasteiger partial charge in [-0.05, 0) is 92.6 Å². The lowest BCUT2D eigenvalue weighted by molar-refractivity contribution is 0.103. The molecule has 2 fully saturated rings. The number of benzene rings is 2. The summed E-state index contributed by atoms with van der Waals surface area (Å²) < 4.78 is 14.7. The van der Waals surface area contributed by atoms with Gasteiger partial charge in [0.2, 0.25) is 0 Å². The molecule has 7 heteroatoms. The quantitative estimate of drug-likeness (QED) is 0.496. The largest absolute Gasteiger partial charge is 0.385 e. The molecular formula is C30H37ClFN5. The molecule has 0 amide bonds. The predicted molar refractivity (Wildman–Crippen MR) is 151 cm³/mol. The summed E-state index contributed by atoms with van der Waals surface area (Å²) in [5.74, 6) is 0.854. The Kier molecular flexibility index (Phi) is 7.44. The molecular weight excluding hydrogens is 485 g/mol. The van der Waals surface area contributed by atoms with Gasteiger partial charge in [-0.25, -0.2) is 4.39 Å². The lowest BCUT2D eigenvalue weighted by atomic mass is 9.75. The highest BCUT2D eigenvalue weighted by Gasteiger charge is 2.48. The van der Waals surface area contributed by atoms with Gasteiger partial charge in [0.15, 0.2) is 0 Å². The van der Waals surface area contributed by atoms with E-state index >= 15 is 0 Å². The molecule has 37 heavy (non-hydrogen) atoms. The molecule has 0 radical (unpaired) electrons. The molecule has 0 aromatic heterocycles. The van der Waals surface area contributed by atoms with Crippen molar-refractivity contribution >= 4 is 23.0 Å². The number of hydrogen-bond acceptors (Lipinski definition) is 5. The highest BCUT2D eigenvalue weighted by molar-refractivity contribution is 6.30. The smallest absolute Gasteiger partial charge is 0.123 e. The zero-order valence-electron chi connectivity index (χ0n) is 21.6. The Morgan fingerprint density at radius 3 is 2.78 bits per heavy atom. The zero-order chi connectivity index (χ0) is 26.2. The molecule has 2 aromatic rings. The molecule has 0 bridgehead atoms. The molecule has 3 aliphatic rings. The molecule has 5 rings (SSSR count). The van der Waals surface area contributed by atoms with Crippen LogP contribution in [-0.2, 0) is 5.41 Å². The minimum absolute atomic E-state index is 0.183. The summed E-state index contributed by atoms with van der Waals surface area (Å²) >= 11 is 6.18. The predicted octanol–water partition coefficient (Wildman–Crippen LogP) is 5.91. The van der Waals surface area contributed by atoms with Gasteiger partial charge in [-0.15, -0.1) is 0 Å². The first-order valence-corrected chi connectivity index (χ1v) is 13.7. The Balaban J connectivity index is 1.54. The van der Waals surface area contributed by atoms with Gasteiger partial charge in [0.25, 0.3) is 0 Å². The van der Waals surface area contributed by atoms with Crippen LogP contribution in [0, 0.1) is 11.7 Å². The molecule has 0 unspecified atom stereocenters. The molecule has 1 spiro atoms. The van der Waals surface area contributed by atoms with Crippen molar-refractivity contribution < 1.29 is 4.39 Å². The highest BCUT2D eigenvalue weighted by atomic mass is 35.5. The fraction of sp³-hybridized carbons (Fsp3) is 0.433. The molecule has 1 saturated heterocycles. The number of likely N-dealkylation sites (tertiary alicyclic amines) is 1. The van der Waals surface area contributed by atoms with E-state index in [0.717, 1.165) is 85.1 Å². The molecule has 4 N–H and O–H groups in total.